The summed E-state index contributed by atoms with van der Waals surface area (Å²) < 4.78 is 44.8. The smallest absolute Gasteiger partial charge is 0.418 e. The number of carbonyl (C=O) groups excluding carboxylic acids is 2. The second-order valence-electron chi connectivity index (χ2n) is 7.68. The minimum absolute atomic E-state index is 0.0507. The first-order valence-electron chi connectivity index (χ1n) is 8.97. The topological polar surface area (TPSA) is 87.3 Å². The van der Waals surface area contributed by atoms with E-state index in [1.807, 2.05) is 0 Å². The second-order valence-corrected chi connectivity index (χ2v) is 7.68. The number of aromatic nitrogens is 2. The Morgan fingerprint density at radius 1 is 1.21 bits per heavy atom. The van der Waals surface area contributed by atoms with Crippen LogP contribution in [0.1, 0.15) is 48.1 Å². The van der Waals surface area contributed by atoms with Crippen LogP contribution in [-0.4, -0.2) is 39.2 Å². The molecule has 1 aromatic heterocycles. The first kappa shape index (κ1) is 20.7. The largest absolute Gasteiger partial charge is 0.444 e. The van der Waals surface area contributed by atoms with Gasteiger partial charge in [0.15, 0.2) is 5.69 Å². The molecule has 156 valence electrons. The summed E-state index contributed by atoms with van der Waals surface area (Å²) in [5.41, 5.74) is -0.905. The number of hydrogen-bond acceptors (Lipinski definition) is 4. The van der Waals surface area contributed by atoms with Gasteiger partial charge in [-0.3, -0.25) is 9.89 Å². The molecule has 2 N–H and O–H groups in total. The summed E-state index contributed by atoms with van der Waals surface area (Å²) in [7, 11) is 0. The van der Waals surface area contributed by atoms with Gasteiger partial charge in [0.1, 0.15) is 5.60 Å². The van der Waals surface area contributed by atoms with Crippen LogP contribution < -0.4 is 5.32 Å². The Morgan fingerprint density at radius 2 is 1.90 bits per heavy atom. The molecule has 0 saturated heterocycles. The first-order chi connectivity index (χ1) is 13.5. The van der Waals surface area contributed by atoms with Crippen LogP contribution in [-0.2, 0) is 23.9 Å². The summed E-state index contributed by atoms with van der Waals surface area (Å²) >= 11 is 0. The number of alkyl halides is 3. The lowest BCUT2D eigenvalue weighted by atomic mass is 10.0. The summed E-state index contributed by atoms with van der Waals surface area (Å²) in [5, 5.41) is 8.97. The molecule has 0 fully saturated rings. The zero-order valence-electron chi connectivity index (χ0n) is 16.2. The molecule has 0 spiro atoms. The first-order valence-corrected chi connectivity index (χ1v) is 8.97. The highest BCUT2D eigenvalue weighted by molar-refractivity contribution is 6.04. The molecule has 0 bridgehead atoms. The third-order valence-electron chi connectivity index (χ3n) is 4.28. The Hall–Kier alpha value is -3.04. The zero-order chi connectivity index (χ0) is 21.4. The fourth-order valence-electron chi connectivity index (χ4n) is 2.99. The number of nitrogens with one attached hydrogen (secondary N) is 2. The van der Waals surface area contributed by atoms with Gasteiger partial charge in [0.25, 0.3) is 5.91 Å². The Bertz CT molecular complexity index is 932. The normalized spacial score (nSPS) is 14.3. The van der Waals surface area contributed by atoms with Gasteiger partial charge in [0.05, 0.1) is 17.8 Å². The molecule has 0 atom stereocenters. The Kier molecular flexibility index (Phi) is 5.29. The molecule has 7 nitrogen and oxygen atoms in total. The average molecular weight is 410 g/mol. The minimum Gasteiger partial charge on any atom is -0.444 e. The van der Waals surface area contributed by atoms with Gasteiger partial charge in [-0.15, -0.1) is 0 Å². The van der Waals surface area contributed by atoms with E-state index in [1.54, 1.807) is 20.8 Å². The van der Waals surface area contributed by atoms with Crippen molar-refractivity contribution in [3.05, 3.63) is 46.8 Å². The standard InChI is InChI=1S/C19H21F3N4O3/c1-18(2,3)29-17(28)26-9-8-13-11(10-26)15(25-24-13)16(27)23-14-7-5-4-6-12(14)19(20,21)22/h4-7H,8-10H2,1-3H3,(H,23,27)(H,24,25). The fraction of sp³-hybridized carbons (Fsp3) is 0.421. The van der Waals surface area contributed by atoms with Crippen LogP contribution >= 0.6 is 0 Å². The molecule has 3 rings (SSSR count). The van der Waals surface area contributed by atoms with E-state index in [4.69, 9.17) is 4.74 Å². The number of ether oxygens (including phenoxy) is 1. The van der Waals surface area contributed by atoms with Crippen molar-refractivity contribution in [3.63, 3.8) is 0 Å². The number of hydrogen-bond donors (Lipinski definition) is 2. The molecule has 0 saturated carbocycles. The lowest BCUT2D eigenvalue weighted by Gasteiger charge is -2.30. The van der Waals surface area contributed by atoms with E-state index >= 15 is 0 Å². The van der Waals surface area contributed by atoms with Crippen molar-refractivity contribution in [1.29, 1.82) is 0 Å². The number of anilines is 1. The van der Waals surface area contributed by atoms with Gasteiger partial charge in [-0.2, -0.15) is 18.3 Å². The molecule has 1 aromatic carbocycles. The number of amides is 2. The summed E-state index contributed by atoms with van der Waals surface area (Å²) in [5.74, 6) is -0.787. The van der Waals surface area contributed by atoms with E-state index in [1.165, 1.54) is 23.1 Å². The summed E-state index contributed by atoms with van der Waals surface area (Å²) in [6, 6.07) is 4.70. The molecular formula is C19H21F3N4O3. The van der Waals surface area contributed by atoms with Crippen LogP contribution in [0.2, 0.25) is 0 Å². The van der Waals surface area contributed by atoms with Crippen molar-refractivity contribution in [1.82, 2.24) is 15.1 Å². The van der Waals surface area contributed by atoms with Crippen molar-refractivity contribution in [2.45, 2.75) is 45.5 Å². The number of para-hydroxylation sites is 1. The number of benzene rings is 1. The molecule has 2 heterocycles. The monoisotopic (exact) mass is 410 g/mol. The molecule has 1 aliphatic heterocycles. The van der Waals surface area contributed by atoms with E-state index in [0.717, 1.165) is 6.07 Å². The van der Waals surface area contributed by atoms with Crippen molar-refractivity contribution >= 4 is 17.7 Å². The second kappa shape index (κ2) is 7.41. The quantitative estimate of drug-likeness (QED) is 0.784. The van der Waals surface area contributed by atoms with E-state index in [2.05, 4.69) is 15.5 Å². The molecule has 0 radical (unpaired) electrons. The van der Waals surface area contributed by atoms with E-state index in [0.29, 0.717) is 24.2 Å². The van der Waals surface area contributed by atoms with Gasteiger partial charge in [0, 0.05) is 24.2 Å². The predicted molar refractivity (Wildman–Crippen MR) is 98.3 cm³/mol. The molecule has 1 aliphatic rings. The summed E-state index contributed by atoms with van der Waals surface area (Å²) in [6.45, 7) is 5.69. The zero-order valence-corrected chi connectivity index (χ0v) is 16.2. The maximum Gasteiger partial charge on any atom is 0.418 e. The van der Waals surface area contributed by atoms with E-state index in [-0.39, 0.29) is 17.9 Å². The van der Waals surface area contributed by atoms with Crippen LogP contribution in [0.3, 0.4) is 0 Å². The highest BCUT2D eigenvalue weighted by atomic mass is 19.4. The minimum atomic E-state index is -4.61. The van der Waals surface area contributed by atoms with Gasteiger partial charge in [-0.1, -0.05) is 12.1 Å². The van der Waals surface area contributed by atoms with Crippen LogP contribution in [0.5, 0.6) is 0 Å². The predicted octanol–water partition coefficient (Wildman–Crippen LogP) is 3.97. The van der Waals surface area contributed by atoms with E-state index in [9.17, 15) is 22.8 Å². The molecular weight excluding hydrogens is 389 g/mol. The number of carbonyl (C=O) groups is 2. The number of nitrogens with zero attached hydrogens (tertiary/aromatic N) is 2. The number of rotatable bonds is 2. The van der Waals surface area contributed by atoms with Gasteiger partial charge in [0.2, 0.25) is 0 Å². The summed E-state index contributed by atoms with van der Waals surface area (Å²) in [4.78, 5) is 26.4. The fourth-order valence-corrected chi connectivity index (χ4v) is 2.99. The highest BCUT2D eigenvalue weighted by Gasteiger charge is 2.35. The highest BCUT2D eigenvalue weighted by Crippen LogP contribution is 2.35. The lowest BCUT2D eigenvalue weighted by molar-refractivity contribution is -0.136. The Labute approximate surface area is 165 Å². The molecule has 0 unspecified atom stereocenters. The van der Waals surface area contributed by atoms with Gasteiger partial charge in [-0.25, -0.2) is 4.79 Å². The van der Waals surface area contributed by atoms with Crippen LogP contribution in [0.15, 0.2) is 24.3 Å². The Morgan fingerprint density at radius 3 is 2.55 bits per heavy atom. The van der Waals surface area contributed by atoms with Crippen molar-refractivity contribution in [2.75, 3.05) is 11.9 Å². The SMILES string of the molecule is CC(C)(C)OC(=O)N1CCc2[nH]nc(C(=O)Nc3ccccc3C(F)(F)F)c2C1. The van der Waals surface area contributed by atoms with Crippen LogP contribution in [0, 0.1) is 0 Å². The van der Waals surface area contributed by atoms with Crippen LogP contribution in [0.4, 0.5) is 23.7 Å². The van der Waals surface area contributed by atoms with Crippen molar-refractivity contribution < 1.29 is 27.5 Å². The van der Waals surface area contributed by atoms with Crippen LogP contribution in [0.25, 0.3) is 0 Å². The molecule has 2 aromatic rings. The Balaban J connectivity index is 1.81. The van der Waals surface area contributed by atoms with Crippen molar-refractivity contribution in [2.24, 2.45) is 0 Å². The van der Waals surface area contributed by atoms with Gasteiger partial charge < -0.3 is 15.0 Å². The molecule has 10 heteroatoms. The number of aromatic amines is 1. The van der Waals surface area contributed by atoms with Gasteiger partial charge >= 0.3 is 12.3 Å². The molecule has 0 aliphatic carbocycles. The maximum absolute atomic E-state index is 13.2. The summed E-state index contributed by atoms with van der Waals surface area (Å²) in [6.07, 6.45) is -4.71. The number of fused-ring (bicyclic) bond motifs is 1. The molecule has 29 heavy (non-hydrogen) atoms. The number of H-pyrrole nitrogens is 1. The average Bonchev–Trinajstić information content (AvgIpc) is 3.03. The maximum atomic E-state index is 13.2. The third kappa shape index (κ3) is 4.69. The number of halogens is 3. The van der Waals surface area contributed by atoms with E-state index < -0.39 is 29.3 Å². The third-order valence-corrected chi connectivity index (χ3v) is 4.28. The van der Waals surface area contributed by atoms with Crippen molar-refractivity contribution in [3.8, 4) is 0 Å². The molecule has 2 amide bonds. The lowest BCUT2D eigenvalue weighted by Crippen LogP contribution is -2.40. The van der Waals surface area contributed by atoms with Gasteiger partial charge in [-0.05, 0) is 32.9 Å².